The molecule has 0 heterocycles. The standard InChI is InChI=1S/C11H15ClN2/c1-11(5-6-11)10(14-13)8-3-2-4-9(12)7-8/h2-4,7,10,14H,5-6,13H2,1H3. The lowest BCUT2D eigenvalue weighted by atomic mass is 9.92. The molecule has 0 spiro atoms. The van der Waals surface area contributed by atoms with Gasteiger partial charge in [0.15, 0.2) is 0 Å². The molecule has 1 saturated carbocycles. The highest BCUT2D eigenvalue weighted by Crippen LogP contribution is 2.54. The first-order valence-electron chi connectivity index (χ1n) is 4.87. The Kier molecular flexibility index (Phi) is 2.52. The van der Waals surface area contributed by atoms with E-state index in [1.807, 2.05) is 18.2 Å². The summed E-state index contributed by atoms with van der Waals surface area (Å²) in [4.78, 5) is 0. The van der Waals surface area contributed by atoms with E-state index in [9.17, 15) is 0 Å². The maximum atomic E-state index is 5.95. The molecule has 1 aromatic rings. The second-order valence-corrected chi connectivity index (χ2v) is 4.75. The van der Waals surface area contributed by atoms with Gasteiger partial charge in [0, 0.05) is 5.02 Å². The summed E-state index contributed by atoms with van der Waals surface area (Å²) < 4.78 is 0. The molecular weight excluding hydrogens is 196 g/mol. The highest BCUT2D eigenvalue weighted by atomic mass is 35.5. The molecule has 0 aromatic heterocycles. The molecule has 1 aliphatic carbocycles. The van der Waals surface area contributed by atoms with E-state index >= 15 is 0 Å². The Morgan fingerprint density at radius 1 is 1.50 bits per heavy atom. The van der Waals surface area contributed by atoms with Crippen molar-refractivity contribution in [2.75, 3.05) is 0 Å². The minimum atomic E-state index is 0.223. The second-order valence-electron chi connectivity index (χ2n) is 4.31. The number of benzene rings is 1. The number of hydrogen-bond donors (Lipinski definition) is 2. The smallest absolute Gasteiger partial charge is 0.0514 e. The predicted molar refractivity (Wildman–Crippen MR) is 58.9 cm³/mol. The van der Waals surface area contributed by atoms with E-state index in [2.05, 4.69) is 18.4 Å². The first-order chi connectivity index (χ1) is 6.65. The molecule has 1 aromatic carbocycles. The third-order valence-corrected chi connectivity index (χ3v) is 3.32. The van der Waals surface area contributed by atoms with Crippen LogP contribution in [0.2, 0.25) is 5.02 Å². The largest absolute Gasteiger partial charge is 0.271 e. The Labute approximate surface area is 89.4 Å². The van der Waals surface area contributed by atoms with Crippen LogP contribution < -0.4 is 11.3 Å². The van der Waals surface area contributed by atoms with E-state index < -0.39 is 0 Å². The minimum absolute atomic E-state index is 0.223. The molecule has 2 nitrogen and oxygen atoms in total. The number of nitrogens with two attached hydrogens (primary N) is 1. The molecule has 1 atom stereocenters. The monoisotopic (exact) mass is 210 g/mol. The van der Waals surface area contributed by atoms with Gasteiger partial charge in [-0.3, -0.25) is 11.3 Å². The van der Waals surface area contributed by atoms with E-state index in [1.54, 1.807) is 0 Å². The number of hydrazine groups is 1. The van der Waals surface area contributed by atoms with Crippen molar-refractivity contribution in [3.63, 3.8) is 0 Å². The van der Waals surface area contributed by atoms with E-state index in [0.717, 1.165) is 5.02 Å². The van der Waals surface area contributed by atoms with Gasteiger partial charge in [0.2, 0.25) is 0 Å². The molecule has 2 rings (SSSR count). The van der Waals surface area contributed by atoms with Crippen LogP contribution in [0.3, 0.4) is 0 Å². The summed E-state index contributed by atoms with van der Waals surface area (Å²) in [5.41, 5.74) is 4.39. The Morgan fingerprint density at radius 3 is 2.71 bits per heavy atom. The van der Waals surface area contributed by atoms with E-state index in [4.69, 9.17) is 17.4 Å². The van der Waals surface area contributed by atoms with Crippen LogP contribution in [0.1, 0.15) is 31.4 Å². The Balaban J connectivity index is 2.27. The summed E-state index contributed by atoms with van der Waals surface area (Å²) >= 11 is 5.95. The number of hydrogen-bond acceptors (Lipinski definition) is 2. The minimum Gasteiger partial charge on any atom is -0.271 e. The average molecular weight is 211 g/mol. The van der Waals surface area contributed by atoms with Crippen LogP contribution in [0, 0.1) is 5.41 Å². The molecule has 3 heteroatoms. The molecule has 0 saturated heterocycles. The van der Waals surface area contributed by atoms with Gasteiger partial charge in [-0.1, -0.05) is 30.7 Å². The summed E-state index contributed by atoms with van der Waals surface area (Å²) in [6, 6.07) is 8.12. The first kappa shape index (κ1) is 9.97. The summed E-state index contributed by atoms with van der Waals surface area (Å²) in [5.74, 6) is 5.59. The van der Waals surface area contributed by atoms with Gasteiger partial charge in [0.25, 0.3) is 0 Å². The fraction of sp³-hybridized carbons (Fsp3) is 0.455. The van der Waals surface area contributed by atoms with Crippen molar-refractivity contribution in [2.24, 2.45) is 11.3 Å². The molecular formula is C11H15ClN2. The Bertz CT molecular complexity index is 334. The maximum absolute atomic E-state index is 5.95. The third-order valence-electron chi connectivity index (χ3n) is 3.08. The van der Waals surface area contributed by atoms with Crippen molar-refractivity contribution in [3.8, 4) is 0 Å². The highest BCUT2D eigenvalue weighted by Gasteiger charge is 2.45. The lowest BCUT2D eigenvalue weighted by Gasteiger charge is -2.23. The van der Waals surface area contributed by atoms with Gasteiger partial charge >= 0.3 is 0 Å². The summed E-state index contributed by atoms with van der Waals surface area (Å²) in [6.07, 6.45) is 2.46. The van der Waals surface area contributed by atoms with Gasteiger partial charge in [-0.05, 0) is 36.0 Å². The fourth-order valence-electron chi connectivity index (χ4n) is 1.87. The number of nitrogens with one attached hydrogen (secondary N) is 1. The van der Waals surface area contributed by atoms with Gasteiger partial charge in [-0.2, -0.15) is 0 Å². The van der Waals surface area contributed by atoms with Gasteiger partial charge in [-0.25, -0.2) is 0 Å². The number of halogens is 1. The Morgan fingerprint density at radius 2 is 2.21 bits per heavy atom. The highest BCUT2D eigenvalue weighted by molar-refractivity contribution is 6.30. The summed E-state index contributed by atoms with van der Waals surface area (Å²) in [6.45, 7) is 2.25. The number of rotatable bonds is 3. The van der Waals surface area contributed by atoms with Crippen molar-refractivity contribution in [1.82, 2.24) is 5.43 Å². The van der Waals surface area contributed by atoms with Crippen LogP contribution >= 0.6 is 11.6 Å². The third kappa shape index (κ3) is 1.78. The van der Waals surface area contributed by atoms with Crippen molar-refractivity contribution in [3.05, 3.63) is 34.9 Å². The molecule has 0 bridgehead atoms. The van der Waals surface area contributed by atoms with Gasteiger partial charge < -0.3 is 0 Å². The molecule has 14 heavy (non-hydrogen) atoms. The van der Waals surface area contributed by atoms with E-state index in [1.165, 1.54) is 18.4 Å². The van der Waals surface area contributed by atoms with E-state index in [-0.39, 0.29) is 6.04 Å². The van der Waals surface area contributed by atoms with Crippen LogP contribution in [0.25, 0.3) is 0 Å². The average Bonchev–Trinajstić information content (AvgIpc) is 2.85. The molecule has 3 N–H and O–H groups in total. The van der Waals surface area contributed by atoms with Crippen molar-refractivity contribution < 1.29 is 0 Å². The predicted octanol–water partition coefficient (Wildman–Crippen LogP) is 2.64. The fourth-order valence-corrected chi connectivity index (χ4v) is 2.07. The molecule has 1 fully saturated rings. The lowest BCUT2D eigenvalue weighted by Crippen LogP contribution is -2.33. The summed E-state index contributed by atoms with van der Waals surface area (Å²) in [7, 11) is 0. The quantitative estimate of drug-likeness (QED) is 0.595. The van der Waals surface area contributed by atoms with Crippen LogP contribution in [0.5, 0.6) is 0 Å². The van der Waals surface area contributed by atoms with Gasteiger partial charge in [0.05, 0.1) is 6.04 Å². The second kappa shape index (κ2) is 3.54. The SMILES string of the molecule is CC1(C(NN)c2cccc(Cl)c2)CC1. The molecule has 0 radical (unpaired) electrons. The van der Waals surface area contributed by atoms with Gasteiger partial charge in [0.1, 0.15) is 0 Å². The molecule has 0 aliphatic heterocycles. The molecule has 76 valence electrons. The van der Waals surface area contributed by atoms with Crippen LogP contribution in [-0.2, 0) is 0 Å². The van der Waals surface area contributed by atoms with Crippen LogP contribution in [0.15, 0.2) is 24.3 Å². The van der Waals surface area contributed by atoms with Crippen molar-refractivity contribution in [1.29, 1.82) is 0 Å². The summed E-state index contributed by atoms with van der Waals surface area (Å²) in [5, 5.41) is 0.770. The van der Waals surface area contributed by atoms with Crippen molar-refractivity contribution in [2.45, 2.75) is 25.8 Å². The van der Waals surface area contributed by atoms with Crippen LogP contribution in [-0.4, -0.2) is 0 Å². The first-order valence-corrected chi connectivity index (χ1v) is 5.25. The molecule has 1 aliphatic rings. The Hall–Kier alpha value is -0.570. The van der Waals surface area contributed by atoms with Gasteiger partial charge in [-0.15, -0.1) is 0 Å². The zero-order valence-electron chi connectivity index (χ0n) is 8.26. The zero-order chi connectivity index (χ0) is 10.2. The van der Waals surface area contributed by atoms with Crippen LogP contribution in [0.4, 0.5) is 0 Å². The normalized spacial score (nSPS) is 20.5. The van der Waals surface area contributed by atoms with Crippen molar-refractivity contribution >= 4 is 11.6 Å². The molecule has 0 amide bonds. The topological polar surface area (TPSA) is 38.0 Å². The maximum Gasteiger partial charge on any atom is 0.0514 e. The molecule has 1 unspecified atom stereocenters. The van der Waals surface area contributed by atoms with E-state index in [0.29, 0.717) is 5.41 Å². The lowest BCUT2D eigenvalue weighted by molar-refractivity contribution is 0.372. The zero-order valence-corrected chi connectivity index (χ0v) is 9.01.